The van der Waals surface area contributed by atoms with Gasteiger partial charge in [-0.15, -0.1) is 0 Å². The second-order valence-corrected chi connectivity index (χ2v) is 6.22. The molecule has 0 bridgehead atoms. The first-order chi connectivity index (χ1) is 9.81. The van der Waals surface area contributed by atoms with Gasteiger partial charge in [-0.3, -0.25) is 4.90 Å². The molecular formula is C16H23ClN2O. The lowest BCUT2D eigenvalue weighted by Crippen LogP contribution is -2.38. The van der Waals surface area contributed by atoms with Gasteiger partial charge in [-0.1, -0.05) is 17.7 Å². The number of hydrogen-bond donors (Lipinski definition) is 1. The first-order valence-corrected chi connectivity index (χ1v) is 8.00. The smallest absolute Gasteiger partial charge is 0.0594 e. The predicted octanol–water partition coefficient (Wildman–Crippen LogP) is 2.12. The molecule has 1 heterocycles. The van der Waals surface area contributed by atoms with Crippen LogP contribution in [-0.2, 0) is 17.6 Å². The van der Waals surface area contributed by atoms with Crippen LogP contribution in [0, 0.1) is 0 Å². The molecule has 3 rings (SSSR count). The number of hydrogen-bond acceptors (Lipinski definition) is 3. The Morgan fingerprint density at radius 2 is 2.00 bits per heavy atom. The summed E-state index contributed by atoms with van der Waals surface area (Å²) in [7, 11) is 0. The molecule has 1 fully saturated rings. The average molecular weight is 295 g/mol. The summed E-state index contributed by atoms with van der Waals surface area (Å²) in [5, 5.41) is 4.54. The van der Waals surface area contributed by atoms with Crippen LogP contribution in [0.4, 0.5) is 0 Å². The lowest BCUT2D eigenvalue weighted by Gasteiger charge is -2.26. The van der Waals surface area contributed by atoms with Crippen LogP contribution in [0.5, 0.6) is 0 Å². The molecular weight excluding hydrogens is 272 g/mol. The van der Waals surface area contributed by atoms with Crippen molar-refractivity contribution in [3.63, 3.8) is 0 Å². The molecule has 1 aromatic carbocycles. The highest BCUT2D eigenvalue weighted by molar-refractivity contribution is 6.30. The molecule has 1 aliphatic carbocycles. The third-order valence-electron chi connectivity index (χ3n) is 4.29. The number of nitrogens with zero attached hydrogens (tertiary/aromatic N) is 1. The maximum atomic E-state index is 6.05. The molecule has 3 nitrogen and oxygen atoms in total. The lowest BCUT2D eigenvalue weighted by molar-refractivity contribution is 0.0374. The highest BCUT2D eigenvalue weighted by atomic mass is 35.5. The number of ether oxygens (including phenoxy) is 1. The predicted molar refractivity (Wildman–Crippen MR) is 82.5 cm³/mol. The molecule has 2 aliphatic rings. The van der Waals surface area contributed by atoms with Crippen molar-refractivity contribution in [3.05, 3.63) is 34.3 Å². The monoisotopic (exact) mass is 294 g/mol. The second kappa shape index (κ2) is 6.90. The molecule has 1 unspecified atom stereocenters. The largest absolute Gasteiger partial charge is 0.379 e. The van der Waals surface area contributed by atoms with Crippen LogP contribution >= 0.6 is 11.6 Å². The van der Waals surface area contributed by atoms with Crippen LogP contribution in [0.15, 0.2) is 18.2 Å². The Morgan fingerprint density at radius 1 is 1.20 bits per heavy atom. The lowest BCUT2D eigenvalue weighted by atomic mass is 10.1. The molecule has 0 amide bonds. The molecule has 1 aromatic rings. The van der Waals surface area contributed by atoms with E-state index in [-0.39, 0.29) is 0 Å². The number of rotatable bonds is 5. The third-order valence-corrected chi connectivity index (χ3v) is 4.52. The molecule has 0 saturated carbocycles. The van der Waals surface area contributed by atoms with Crippen molar-refractivity contribution in [2.45, 2.75) is 25.3 Å². The zero-order valence-corrected chi connectivity index (χ0v) is 12.7. The van der Waals surface area contributed by atoms with E-state index in [0.29, 0.717) is 6.04 Å². The number of benzene rings is 1. The number of halogens is 1. The molecule has 110 valence electrons. The second-order valence-electron chi connectivity index (χ2n) is 5.78. The Balaban J connectivity index is 1.36. The summed E-state index contributed by atoms with van der Waals surface area (Å²) in [5.74, 6) is 0. The zero-order chi connectivity index (χ0) is 13.8. The molecule has 0 radical (unpaired) electrons. The summed E-state index contributed by atoms with van der Waals surface area (Å²) >= 11 is 6.05. The Bertz CT molecular complexity index is 446. The Kier molecular flexibility index (Phi) is 4.94. The van der Waals surface area contributed by atoms with E-state index in [2.05, 4.69) is 22.3 Å². The van der Waals surface area contributed by atoms with Crippen molar-refractivity contribution in [3.8, 4) is 0 Å². The summed E-state index contributed by atoms with van der Waals surface area (Å²) in [6, 6.07) is 6.88. The average Bonchev–Trinajstić information content (AvgIpc) is 2.86. The van der Waals surface area contributed by atoms with Gasteiger partial charge in [-0.25, -0.2) is 0 Å². The maximum Gasteiger partial charge on any atom is 0.0594 e. The molecule has 0 aromatic heterocycles. The molecule has 1 atom stereocenters. The van der Waals surface area contributed by atoms with Gasteiger partial charge in [0.05, 0.1) is 13.2 Å². The van der Waals surface area contributed by atoms with E-state index in [1.807, 2.05) is 6.07 Å². The van der Waals surface area contributed by atoms with Gasteiger partial charge in [0.2, 0.25) is 0 Å². The number of nitrogens with one attached hydrogen (secondary N) is 1. The van der Waals surface area contributed by atoms with Crippen molar-refractivity contribution in [1.82, 2.24) is 10.2 Å². The van der Waals surface area contributed by atoms with E-state index in [9.17, 15) is 0 Å². The Morgan fingerprint density at radius 3 is 2.85 bits per heavy atom. The summed E-state index contributed by atoms with van der Waals surface area (Å²) in [4.78, 5) is 2.49. The van der Waals surface area contributed by atoms with E-state index >= 15 is 0 Å². The first kappa shape index (κ1) is 14.3. The van der Waals surface area contributed by atoms with Crippen molar-refractivity contribution >= 4 is 11.6 Å². The molecule has 1 aliphatic heterocycles. The SMILES string of the molecule is Clc1ccc2c(c1)CC(NCCCN1CCOCC1)C2. The van der Waals surface area contributed by atoms with Crippen LogP contribution in [0.1, 0.15) is 17.5 Å². The van der Waals surface area contributed by atoms with Crippen molar-refractivity contribution in [2.75, 3.05) is 39.4 Å². The molecule has 1 N–H and O–H groups in total. The Labute approximate surface area is 126 Å². The van der Waals surface area contributed by atoms with E-state index < -0.39 is 0 Å². The summed E-state index contributed by atoms with van der Waals surface area (Å²) in [6.07, 6.45) is 3.48. The minimum atomic E-state index is 0.591. The third kappa shape index (κ3) is 3.73. The van der Waals surface area contributed by atoms with Gasteiger partial charge in [0.25, 0.3) is 0 Å². The van der Waals surface area contributed by atoms with Crippen molar-refractivity contribution < 1.29 is 4.74 Å². The highest BCUT2D eigenvalue weighted by Crippen LogP contribution is 2.25. The molecule has 0 spiro atoms. The van der Waals surface area contributed by atoms with Crippen LogP contribution in [-0.4, -0.2) is 50.3 Å². The van der Waals surface area contributed by atoms with E-state index in [4.69, 9.17) is 16.3 Å². The minimum Gasteiger partial charge on any atom is -0.379 e. The van der Waals surface area contributed by atoms with Gasteiger partial charge < -0.3 is 10.1 Å². The fraction of sp³-hybridized carbons (Fsp3) is 0.625. The zero-order valence-electron chi connectivity index (χ0n) is 11.9. The van der Waals surface area contributed by atoms with E-state index in [1.165, 1.54) is 24.1 Å². The van der Waals surface area contributed by atoms with E-state index in [1.54, 1.807) is 0 Å². The summed E-state index contributed by atoms with van der Waals surface area (Å²) in [5.41, 5.74) is 2.88. The fourth-order valence-electron chi connectivity index (χ4n) is 3.16. The first-order valence-electron chi connectivity index (χ1n) is 7.62. The van der Waals surface area contributed by atoms with Crippen molar-refractivity contribution in [2.24, 2.45) is 0 Å². The highest BCUT2D eigenvalue weighted by Gasteiger charge is 2.20. The fourth-order valence-corrected chi connectivity index (χ4v) is 3.36. The van der Waals surface area contributed by atoms with E-state index in [0.717, 1.165) is 50.7 Å². The van der Waals surface area contributed by atoms with Crippen molar-refractivity contribution in [1.29, 1.82) is 0 Å². The van der Waals surface area contributed by atoms with Crippen LogP contribution in [0.2, 0.25) is 5.02 Å². The number of fused-ring (bicyclic) bond motifs is 1. The molecule has 20 heavy (non-hydrogen) atoms. The van der Waals surface area contributed by atoms with Gasteiger partial charge in [-0.05, 0) is 55.6 Å². The molecule has 1 saturated heterocycles. The standard InChI is InChI=1S/C16H23ClN2O/c17-15-3-2-13-11-16(12-14(13)10-15)18-4-1-5-19-6-8-20-9-7-19/h2-3,10,16,18H,1,4-9,11-12H2. The minimum absolute atomic E-state index is 0.591. The van der Waals surface area contributed by atoms with Crippen LogP contribution in [0.25, 0.3) is 0 Å². The summed E-state index contributed by atoms with van der Waals surface area (Å²) < 4.78 is 5.36. The van der Waals surface area contributed by atoms with Gasteiger partial charge in [-0.2, -0.15) is 0 Å². The maximum absolute atomic E-state index is 6.05. The van der Waals surface area contributed by atoms with Gasteiger partial charge in [0, 0.05) is 24.2 Å². The van der Waals surface area contributed by atoms with Crippen LogP contribution < -0.4 is 5.32 Å². The Hall–Kier alpha value is -0.610. The van der Waals surface area contributed by atoms with Gasteiger partial charge >= 0.3 is 0 Å². The molecule has 4 heteroatoms. The van der Waals surface area contributed by atoms with Crippen LogP contribution in [0.3, 0.4) is 0 Å². The quantitative estimate of drug-likeness (QED) is 0.842. The number of morpholine rings is 1. The summed E-state index contributed by atoms with van der Waals surface area (Å²) in [6.45, 7) is 6.25. The normalized spacial score (nSPS) is 22.9. The topological polar surface area (TPSA) is 24.5 Å². The van der Waals surface area contributed by atoms with Gasteiger partial charge in [0.15, 0.2) is 0 Å². The van der Waals surface area contributed by atoms with Gasteiger partial charge in [0.1, 0.15) is 0 Å².